The molecule has 0 aliphatic heterocycles. The first-order valence-corrected chi connectivity index (χ1v) is 20.7. The van der Waals surface area contributed by atoms with Gasteiger partial charge in [0.05, 0.1) is 6.10 Å². The standard InChI is InChI=1S/C18H34O3.2C12H24O2.Ba.2H/c1-2-3-4-11-14-17(19)15-12-9-7-5-6-8-10-13-16-18(20)21;2*1-2-3-4-5-6-7-8-9-10-11-12(13)14;;;/h9,12,17,19H,2-8,10-11,13-16H2,1H3,(H,20,21);2*2-11H2,1H3,(H,13,14);;;/q;;;+2;2*-1/b12-9-;;;;;/t17-;;;;;/m1...../s1. The van der Waals surface area contributed by atoms with Crippen LogP contribution in [0.25, 0.3) is 0 Å². The third kappa shape index (κ3) is 62.8. The van der Waals surface area contributed by atoms with Gasteiger partial charge in [0.25, 0.3) is 0 Å². The molecule has 0 bridgehead atoms. The van der Waals surface area contributed by atoms with E-state index in [0.717, 1.165) is 77.0 Å². The number of carboxylic acid groups (broad SMARTS) is 3. The Kier molecular flexibility index (Phi) is 57.3. The first kappa shape index (κ1) is 56.4. The normalized spacial score (nSPS) is 11.2. The van der Waals surface area contributed by atoms with Crippen molar-refractivity contribution in [1.82, 2.24) is 0 Å². The number of aliphatic hydroxyl groups is 1. The molecule has 0 amide bonds. The van der Waals surface area contributed by atoms with Gasteiger partial charge in [0.1, 0.15) is 0 Å². The summed E-state index contributed by atoms with van der Waals surface area (Å²) in [5.74, 6) is -2.01. The number of carbonyl (C=O) groups is 3. The molecule has 0 heterocycles. The van der Waals surface area contributed by atoms with Gasteiger partial charge in [0.15, 0.2) is 0 Å². The van der Waals surface area contributed by atoms with Gasteiger partial charge in [-0.25, -0.2) is 0 Å². The third-order valence-electron chi connectivity index (χ3n) is 8.72. The Morgan fingerprint density at radius 2 is 0.720 bits per heavy atom. The fourth-order valence-corrected chi connectivity index (χ4v) is 5.54. The summed E-state index contributed by atoms with van der Waals surface area (Å²) in [6.07, 6.45) is 40.3. The van der Waals surface area contributed by atoms with Gasteiger partial charge >= 0.3 is 66.8 Å². The monoisotopic (exact) mass is 839 g/mol. The van der Waals surface area contributed by atoms with Crippen LogP contribution >= 0.6 is 0 Å². The van der Waals surface area contributed by atoms with E-state index in [2.05, 4.69) is 32.9 Å². The van der Waals surface area contributed by atoms with Crippen molar-refractivity contribution in [3.63, 3.8) is 0 Å². The van der Waals surface area contributed by atoms with Crippen LogP contribution < -0.4 is 0 Å². The van der Waals surface area contributed by atoms with Gasteiger partial charge < -0.3 is 23.3 Å². The average Bonchev–Trinajstić information content (AvgIpc) is 3.06. The van der Waals surface area contributed by atoms with Crippen molar-refractivity contribution in [3.8, 4) is 0 Å². The molecule has 8 heteroatoms. The number of hydrogen-bond donors (Lipinski definition) is 4. The van der Waals surface area contributed by atoms with Crippen molar-refractivity contribution in [2.75, 3.05) is 0 Å². The van der Waals surface area contributed by atoms with E-state index in [1.165, 1.54) is 116 Å². The van der Waals surface area contributed by atoms with E-state index >= 15 is 0 Å². The zero-order chi connectivity index (χ0) is 37.1. The molecule has 0 saturated carbocycles. The van der Waals surface area contributed by atoms with Gasteiger partial charge in [-0.15, -0.1) is 0 Å². The van der Waals surface area contributed by atoms with Crippen molar-refractivity contribution in [2.45, 2.75) is 239 Å². The molecule has 0 spiro atoms. The van der Waals surface area contributed by atoms with E-state index in [1.54, 1.807) is 0 Å². The predicted molar refractivity (Wildman–Crippen MR) is 215 cm³/mol. The number of carboxylic acids is 3. The maximum atomic E-state index is 10.3. The second kappa shape index (κ2) is 50.8. The minimum Gasteiger partial charge on any atom is -1.00 e. The summed E-state index contributed by atoms with van der Waals surface area (Å²) in [6.45, 7) is 6.66. The van der Waals surface area contributed by atoms with Crippen molar-refractivity contribution < 1.29 is 37.7 Å². The first-order chi connectivity index (χ1) is 23.7. The topological polar surface area (TPSA) is 132 Å². The molecule has 0 aromatic carbocycles. The molecule has 1 atom stereocenters. The van der Waals surface area contributed by atoms with E-state index in [-0.39, 0.29) is 57.8 Å². The van der Waals surface area contributed by atoms with Gasteiger partial charge in [-0.2, -0.15) is 0 Å². The van der Waals surface area contributed by atoms with Crippen LogP contribution in [-0.4, -0.2) is 93.3 Å². The van der Waals surface area contributed by atoms with E-state index in [4.69, 9.17) is 15.3 Å². The number of aliphatic hydroxyl groups excluding tert-OH is 1. The van der Waals surface area contributed by atoms with Crippen LogP contribution in [0.4, 0.5) is 0 Å². The maximum Gasteiger partial charge on any atom is 2.00 e. The summed E-state index contributed by atoms with van der Waals surface area (Å²) in [6, 6.07) is 0. The van der Waals surface area contributed by atoms with Crippen molar-refractivity contribution in [1.29, 1.82) is 0 Å². The first-order valence-electron chi connectivity index (χ1n) is 20.7. The smallest absolute Gasteiger partial charge is 1.00 e. The maximum absolute atomic E-state index is 10.3. The van der Waals surface area contributed by atoms with Crippen molar-refractivity contribution in [3.05, 3.63) is 12.2 Å². The summed E-state index contributed by atoms with van der Waals surface area (Å²) >= 11 is 0. The summed E-state index contributed by atoms with van der Waals surface area (Å²) in [5, 5.41) is 35.1. The van der Waals surface area contributed by atoms with Gasteiger partial charge in [-0.3, -0.25) is 14.4 Å². The zero-order valence-corrected chi connectivity index (χ0v) is 37.7. The summed E-state index contributed by atoms with van der Waals surface area (Å²) in [7, 11) is 0. The van der Waals surface area contributed by atoms with E-state index in [1.807, 2.05) is 0 Å². The molecule has 0 aliphatic rings. The number of unbranched alkanes of at least 4 members (excludes halogenated alkanes) is 24. The van der Waals surface area contributed by atoms with Crippen molar-refractivity contribution >= 4 is 66.8 Å². The molecule has 0 radical (unpaired) electrons. The van der Waals surface area contributed by atoms with Crippen LogP contribution in [0.3, 0.4) is 0 Å². The van der Waals surface area contributed by atoms with E-state index < -0.39 is 17.9 Å². The molecule has 0 aromatic heterocycles. The summed E-state index contributed by atoms with van der Waals surface area (Å²) < 4.78 is 0. The molecule has 50 heavy (non-hydrogen) atoms. The number of rotatable bonds is 35. The van der Waals surface area contributed by atoms with E-state index in [9.17, 15) is 19.5 Å². The Hall–Kier alpha value is -0.319. The molecule has 0 aromatic rings. The fraction of sp³-hybridized carbons (Fsp3) is 0.881. The average molecular weight is 838 g/mol. The number of hydrogen-bond acceptors (Lipinski definition) is 4. The SMILES string of the molecule is CCCCCCCCCCCC(=O)O.CCCCCCCCCCCC(=O)O.CCCCCC[C@@H](O)C/C=C\CCCCCCCC(=O)O.[Ba+2].[H-].[H-]. The Labute approximate surface area is 352 Å². The molecule has 0 fully saturated rings. The molecule has 0 saturated heterocycles. The van der Waals surface area contributed by atoms with Gasteiger partial charge in [0, 0.05) is 19.3 Å². The number of allylic oxidation sites excluding steroid dienone is 1. The van der Waals surface area contributed by atoms with Crippen LogP contribution in [0, 0.1) is 0 Å². The third-order valence-corrected chi connectivity index (χ3v) is 8.72. The molecule has 7 nitrogen and oxygen atoms in total. The van der Waals surface area contributed by atoms with Gasteiger partial charge in [-0.05, 0) is 44.9 Å². The predicted octanol–water partition coefficient (Wildman–Crippen LogP) is 12.9. The molecule has 0 aliphatic carbocycles. The van der Waals surface area contributed by atoms with Crippen LogP contribution in [0.2, 0.25) is 0 Å². The van der Waals surface area contributed by atoms with Crippen LogP contribution in [0.5, 0.6) is 0 Å². The molecular formula is C42H84BaO7. The number of aliphatic carboxylic acids is 3. The van der Waals surface area contributed by atoms with E-state index in [0.29, 0.717) is 19.3 Å². The zero-order valence-electron chi connectivity index (χ0n) is 35.3. The molecular weight excluding hydrogens is 754 g/mol. The Morgan fingerprint density at radius 1 is 0.440 bits per heavy atom. The molecule has 4 N–H and O–H groups in total. The minimum atomic E-state index is -0.689. The quantitative estimate of drug-likeness (QED) is 0.0284. The van der Waals surface area contributed by atoms with Crippen LogP contribution in [0.15, 0.2) is 12.2 Å². The summed E-state index contributed by atoms with van der Waals surface area (Å²) in [4.78, 5) is 30.7. The van der Waals surface area contributed by atoms with Crippen LogP contribution in [0.1, 0.15) is 236 Å². The fourth-order valence-electron chi connectivity index (χ4n) is 5.54. The summed E-state index contributed by atoms with van der Waals surface area (Å²) in [5.41, 5.74) is 0. The molecule has 0 unspecified atom stereocenters. The largest absolute Gasteiger partial charge is 2.00 e. The van der Waals surface area contributed by atoms with Crippen molar-refractivity contribution in [2.24, 2.45) is 0 Å². The molecule has 0 rings (SSSR count). The minimum absolute atomic E-state index is 0. The Balaban J connectivity index is -0.000000153. The van der Waals surface area contributed by atoms with Gasteiger partial charge in [0.2, 0.25) is 0 Å². The second-order valence-electron chi connectivity index (χ2n) is 13.9. The van der Waals surface area contributed by atoms with Crippen LogP contribution in [-0.2, 0) is 14.4 Å². The van der Waals surface area contributed by atoms with Gasteiger partial charge in [-0.1, -0.05) is 181 Å². The molecule has 296 valence electrons. The second-order valence-corrected chi connectivity index (χ2v) is 13.9. The Bertz CT molecular complexity index is 694. The Morgan fingerprint density at radius 3 is 1.04 bits per heavy atom.